The molecule has 1 saturated carbocycles. The van der Waals surface area contributed by atoms with E-state index in [0.717, 1.165) is 29.8 Å². The summed E-state index contributed by atoms with van der Waals surface area (Å²) in [6.45, 7) is 0. The second-order valence-corrected chi connectivity index (χ2v) is 6.81. The number of aliphatic imine (C=N–C) groups is 1. The van der Waals surface area contributed by atoms with Crippen LogP contribution in [0.15, 0.2) is 41.7 Å². The molecule has 6 rings (SSSR count). The molecule has 1 atom stereocenters. The van der Waals surface area contributed by atoms with Crippen LogP contribution in [0.1, 0.15) is 30.3 Å². The van der Waals surface area contributed by atoms with Crippen LogP contribution < -0.4 is 10.1 Å². The fourth-order valence-electron chi connectivity index (χ4n) is 3.80. The largest absolute Gasteiger partial charge is 0.372 e. The van der Waals surface area contributed by atoms with Gasteiger partial charge in [-0.2, -0.15) is 9.51 Å². The van der Waals surface area contributed by atoms with Gasteiger partial charge in [-0.25, -0.2) is 15.0 Å². The maximum Gasteiger partial charge on any atom is 0.295 e. The Labute approximate surface area is 153 Å². The molecule has 2 aliphatic heterocycles. The molecule has 10 heteroatoms. The van der Waals surface area contributed by atoms with Gasteiger partial charge < -0.3 is 4.74 Å². The zero-order valence-electron chi connectivity index (χ0n) is 14.4. The molecule has 0 spiro atoms. The molecule has 136 valence electrons. The molecule has 0 amide bonds. The van der Waals surface area contributed by atoms with E-state index in [1.54, 1.807) is 23.4 Å². The zero-order chi connectivity index (χ0) is 18.2. The van der Waals surface area contributed by atoms with Crippen LogP contribution in [0.3, 0.4) is 0 Å². The summed E-state index contributed by atoms with van der Waals surface area (Å²) in [5.74, 6) is 0.568. The van der Waals surface area contributed by atoms with Gasteiger partial charge in [0, 0.05) is 12.7 Å². The van der Waals surface area contributed by atoms with Crippen molar-refractivity contribution >= 4 is 12.2 Å². The number of halogens is 1. The fourth-order valence-corrected chi connectivity index (χ4v) is 3.80. The van der Waals surface area contributed by atoms with Crippen LogP contribution in [0, 0.1) is 6.08 Å². The van der Waals surface area contributed by atoms with Crippen molar-refractivity contribution < 1.29 is 9.13 Å². The second kappa shape index (κ2) is 4.92. The summed E-state index contributed by atoms with van der Waals surface area (Å²) >= 11 is 0. The Morgan fingerprint density at radius 1 is 1.26 bits per heavy atom. The van der Waals surface area contributed by atoms with Crippen molar-refractivity contribution in [3.63, 3.8) is 0 Å². The standard InChI is InChI=1S/C17H15FN8O/c1-27-17(6-7-17)13-9-23(22-21-13)24-10-20-15-11-4-2-3-5-12(11)25-14(26(15)24)8-19-16(25)18/h2-5,8-10,15H,6-7H2,1H3. The number of fused-ring (bicyclic) bond motifs is 6. The quantitative estimate of drug-likeness (QED) is 0.702. The van der Waals surface area contributed by atoms with Crippen molar-refractivity contribution in [2.45, 2.75) is 24.6 Å². The summed E-state index contributed by atoms with van der Waals surface area (Å²) in [6, 6.07) is 7.59. The van der Waals surface area contributed by atoms with Crippen molar-refractivity contribution in [2.24, 2.45) is 4.99 Å². The number of hydrogen-bond acceptors (Lipinski definition) is 7. The van der Waals surface area contributed by atoms with Crippen molar-refractivity contribution in [3.8, 4) is 5.69 Å². The molecular formula is C17H15FN8O. The Morgan fingerprint density at radius 2 is 2.11 bits per heavy atom. The average molecular weight is 366 g/mol. The summed E-state index contributed by atoms with van der Waals surface area (Å²) in [5.41, 5.74) is 2.06. The molecule has 0 saturated heterocycles. The third kappa shape index (κ3) is 1.85. The van der Waals surface area contributed by atoms with Gasteiger partial charge in [0.05, 0.1) is 18.1 Å². The first-order valence-electron chi connectivity index (χ1n) is 8.64. The van der Waals surface area contributed by atoms with E-state index in [9.17, 15) is 4.39 Å². The molecule has 0 bridgehead atoms. The Morgan fingerprint density at radius 3 is 2.93 bits per heavy atom. The van der Waals surface area contributed by atoms with Crippen LogP contribution in [-0.2, 0) is 10.3 Å². The monoisotopic (exact) mass is 366 g/mol. The van der Waals surface area contributed by atoms with Crippen molar-refractivity contribution in [2.75, 3.05) is 17.2 Å². The third-order valence-electron chi connectivity index (χ3n) is 5.41. The van der Waals surface area contributed by atoms with Gasteiger partial charge in [0.2, 0.25) is 0 Å². The summed E-state index contributed by atoms with van der Waals surface area (Å²) in [4.78, 5) is 10.1. The SMILES string of the molecule is COC1(c2cn(N3C=NC4c5ccccc5-n5c(cnc5F)N43)nn2)CC1. The number of hydrazine groups is 1. The Balaban J connectivity index is 1.46. The summed E-state index contributed by atoms with van der Waals surface area (Å²) in [6.07, 6.45) is 5.93. The van der Waals surface area contributed by atoms with Crippen molar-refractivity contribution in [3.05, 3.63) is 54.0 Å². The minimum Gasteiger partial charge on any atom is -0.372 e. The van der Waals surface area contributed by atoms with Crippen LogP contribution >= 0.6 is 0 Å². The first-order chi connectivity index (χ1) is 13.2. The van der Waals surface area contributed by atoms with E-state index in [-0.39, 0.29) is 11.8 Å². The van der Waals surface area contributed by atoms with Gasteiger partial charge >= 0.3 is 0 Å². The highest BCUT2D eigenvalue weighted by molar-refractivity contribution is 5.78. The molecule has 3 aliphatic rings. The highest BCUT2D eigenvalue weighted by Gasteiger charge is 2.48. The Kier molecular flexibility index (Phi) is 2.70. The lowest BCUT2D eigenvalue weighted by Gasteiger charge is -2.36. The van der Waals surface area contributed by atoms with Gasteiger partial charge in [0.25, 0.3) is 6.08 Å². The first-order valence-corrected chi connectivity index (χ1v) is 8.64. The predicted molar refractivity (Wildman–Crippen MR) is 93.4 cm³/mol. The van der Waals surface area contributed by atoms with E-state index in [1.807, 2.05) is 35.5 Å². The van der Waals surface area contributed by atoms with E-state index in [2.05, 4.69) is 20.3 Å². The summed E-state index contributed by atoms with van der Waals surface area (Å²) in [7, 11) is 1.68. The lowest BCUT2D eigenvalue weighted by atomic mass is 10.1. The van der Waals surface area contributed by atoms with E-state index in [1.165, 1.54) is 10.8 Å². The van der Waals surface area contributed by atoms with E-state index >= 15 is 0 Å². The number of methoxy groups -OCH3 is 1. The van der Waals surface area contributed by atoms with Crippen LogP contribution in [0.25, 0.3) is 5.69 Å². The number of nitrogens with zero attached hydrogens (tertiary/aromatic N) is 8. The number of ether oxygens (including phenoxy) is 1. The molecule has 3 aromatic rings. The zero-order valence-corrected chi connectivity index (χ0v) is 14.4. The summed E-state index contributed by atoms with van der Waals surface area (Å²) in [5, 5.41) is 12.0. The van der Waals surface area contributed by atoms with Crippen LogP contribution in [0.5, 0.6) is 0 Å². The molecule has 4 heterocycles. The third-order valence-corrected chi connectivity index (χ3v) is 5.41. The maximum absolute atomic E-state index is 14.4. The van der Waals surface area contributed by atoms with Crippen molar-refractivity contribution in [1.29, 1.82) is 0 Å². The van der Waals surface area contributed by atoms with Crippen LogP contribution in [0.2, 0.25) is 0 Å². The number of anilines is 1. The number of imidazole rings is 1. The number of rotatable bonds is 3. The smallest absolute Gasteiger partial charge is 0.295 e. The number of hydrogen-bond donors (Lipinski definition) is 0. The molecule has 27 heavy (non-hydrogen) atoms. The van der Waals surface area contributed by atoms with Gasteiger partial charge in [-0.1, -0.05) is 18.2 Å². The Bertz CT molecular complexity index is 1080. The highest BCUT2D eigenvalue weighted by Crippen LogP contribution is 2.48. The van der Waals surface area contributed by atoms with Crippen LogP contribution in [-0.4, -0.2) is 38.1 Å². The molecule has 1 unspecified atom stereocenters. The first kappa shape index (κ1) is 14.9. The van der Waals surface area contributed by atoms with Crippen molar-refractivity contribution in [1.82, 2.24) is 24.7 Å². The number of para-hydroxylation sites is 1. The minimum atomic E-state index is -0.571. The lowest BCUT2D eigenvalue weighted by molar-refractivity contribution is 0.0751. The van der Waals surface area contributed by atoms with Gasteiger partial charge in [-0.15, -0.1) is 9.89 Å². The van der Waals surface area contributed by atoms with Gasteiger partial charge in [-0.05, 0) is 24.1 Å². The van der Waals surface area contributed by atoms with Gasteiger partial charge in [-0.3, -0.25) is 4.57 Å². The normalized spacial score (nSPS) is 21.2. The van der Waals surface area contributed by atoms with Gasteiger partial charge in [0.15, 0.2) is 12.0 Å². The molecule has 2 aromatic heterocycles. The predicted octanol–water partition coefficient (Wildman–Crippen LogP) is 1.65. The number of benzene rings is 1. The molecule has 1 fully saturated rings. The molecule has 0 N–H and O–H groups in total. The Hall–Kier alpha value is -3.27. The van der Waals surface area contributed by atoms with Crippen LogP contribution in [0.4, 0.5) is 10.2 Å². The summed E-state index contributed by atoms with van der Waals surface area (Å²) < 4.78 is 21.5. The van der Waals surface area contributed by atoms with E-state index < -0.39 is 6.08 Å². The minimum absolute atomic E-state index is 0.324. The fraction of sp³-hybridized carbons (Fsp3) is 0.294. The topological polar surface area (TPSA) is 76.6 Å². The van der Waals surface area contributed by atoms with Gasteiger partial charge in [0.1, 0.15) is 17.6 Å². The average Bonchev–Trinajstić information content (AvgIpc) is 3.03. The molecule has 9 nitrogen and oxygen atoms in total. The second-order valence-electron chi connectivity index (χ2n) is 6.81. The van der Waals surface area contributed by atoms with E-state index in [0.29, 0.717) is 5.82 Å². The molecule has 1 aliphatic carbocycles. The number of aromatic nitrogens is 5. The molecule has 1 aromatic carbocycles. The molecule has 0 radical (unpaired) electrons. The molecular weight excluding hydrogens is 351 g/mol. The highest BCUT2D eigenvalue weighted by atomic mass is 19.1. The van der Waals surface area contributed by atoms with E-state index in [4.69, 9.17) is 4.74 Å². The lowest BCUT2D eigenvalue weighted by Crippen LogP contribution is -2.49. The maximum atomic E-state index is 14.4.